The molecule has 0 spiro atoms. The highest BCUT2D eigenvalue weighted by molar-refractivity contribution is 7.21. The zero-order chi connectivity index (χ0) is 22.1. The first kappa shape index (κ1) is 20.8. The summed E-state index contributed by atoms with van der Waals surface area (Å²) in [6.45, 7) is 0.0503. The number of fused-ring (bicyclic) bond motifs is 1. The zero-order valence-corrected chi connectivity index (χ0v) is 19.0. The Morgan fingerprint density at radius 3 is 2.59 bits per heavy atom. The lowest BCUT2D eigenvalue weighted by atomic mass is 10.1. The third-order valence-corrected chi connectivity index (χ3v) is 6.78. The Morgan fingerprint density at radius 2 is 1.81 bits per heavy atom. The molecule has 0 unspecified atom stereocenters. The summed E-state index contributed by atoms with van der Waals surface area (Å²) >= 11 is 14.0. The minimum Gasteiger partial charge on any atom is -0.457 e. The van der Waals surface area contributed by atoms with Crippen molar-refractivity contribution in [1.29, 1.82) is 0 Å². The molecule has 32 heavy (non-hydrogen) atoms. The minimum absolute atomic E-state index is 0.0503. The summed E-state index contributed by atoms with van der Waals surface area (Å²) < 4.78 is 12.6. The van der Waals surface area contributed by atoms with Crippen molar-refractivity contribution in [3.05, 3.63) is 93.3 Å². The molecule has 1 aliphatic rings. The number of para-hydroxylation sites is 1. The van der Waals surface area contributed by atoms with Crippen LogP contribution in [0, 0.1) is 0 Å². The summed E-state index contributed by atoms with van der Waals surface area (Å²) in [4.78, 5) is 13.3. The van der Waals surface area contributed by atoms with Gasteiger partial charge in [0.25, 0.3) is 5.90 Å². The van der Waals surface area contributed by atoms with Gasteiger partial charge in [-0.2, -0.15) is 5.01 Å². The fourth-order valence-electron chi connectivity index (χ4n) is 3.27. The molecule has 1 aliphatic heterocycles. The van der Waals surface area contributed by atoms with E-state index in [2.05, 4.69) is 5.10 Å². The Hall–Kier alpha value is -3.06. The van der Waals surface area contributed by atoms with Gasteiger partial charge < -0.3 is 9.47 Å². The van der Waals surface area contributed by atoms with E-state index in [1.54, 1.807) is 12.1 Å². The molecule has 0 radical (unpaired) electrons. The number of ether oxygens (including phenoxy) is 2. The monoisotopic (exact) mass is 482 g/mol. The molecule has 160 valence electrons. The molecule has 4 aromatic rings. The molecule has 0 aliphatic carbocycles. The molecule has 8 heteroatoms. The number of rotatable bonds is 5. The molecule has 0 fully saturated rings. The maximum absolute atomic E-state index is 12.6. The third kappa shape index (κ3) is 4.30. The van der Waals surface area contributed by atoms with E-state index in [4.69, 9.17) is 32.7 Å². The lowest BCUT2D eigenvalue weighted by Gasteiger charge is -2.09. The quantitative estimate of drug-likeness (QED) is 0.317. The normalized spacial score (nSPS) is 13.2. The smallest absolute Gasteiger partial charge is 0.252 e. The fourth-order valence-corrected chi connectivity index (χ4v) is 4.82. The number of nitrogens with zero attached hydrogens (tertiary/aromatic N) is 2. The van der Waals surface area contributed by atoms with Crippen LogP contribution in [0.5, 0.6) is 11.5 Å². The molecule has 0 saturated heterocycles. The molecular formula is C24H16Cl2N2O3S. The molecule has 5 rings (SSSR count). The van der Waals surface area contributed by atoms with Crippen LogP contribution in [0.1, 0.15) is 10.4 Å². The summed E-state index contributed by atoms with van der Waals surface area (Å²) in [7, 11) is 0. The van der Waals surface area contributed by atoms with E-state index < -0.39 is 0 Å². The van der Waals surface area contributed by atoms with Gasteiger partial charge in [0.1, 0.15) is 16.4 Å². The Morgan fingerprint density at radius 1 is 1.03 bits per heavy atom. The summed E-state index contributed by atoms with van der Waals surface area (Å²) in [6, 6.07) is 22.4. The van der Waals surface area contributed by atoms with Gasteiger partial charge >= 0.3 is 0 Å². The van der Waals surface area contributed by atoms with Gasteiger partial charge in [-0.15, -0.1) is 16.4 Å². The number of hydrazone groups is 1. The van der Waals surface area contributed by atoms with E-state index in [1.165, 1.54) is 16.3 Å². The molecule has 0 saturated carbocycles. The molecular weight excluding hydrogens is 467 g/mol. The lowest BCUT2D eigenvalue weighted by Crippen LogP contribution is -2.25. The van der Waals surface area contributed by atoms with Crippen LogP contribution in [0.4, 0.5) is 0 Å². The van der Waals surface area contributed by atoms with E-state index >= 15 is 0 Å². The van der Waals surface area contributed by atoms with Gasteiger partial charge in [-0.3, -0.25) is 4.79 Å². The average molecular weight is 483 g/mol. The van der Waals surface area contributed by atoms with Crippen LogP contribution in [0.15, 0.2) is 77.9 Å². The highest BCUT2D eigenvalue weighted by Crippen LogP contribution is 2.39. The number of hydrogen-bond donors (Lipinski definition) is 0. The summed E-state index contributed by atoms with van der Waals surface area (Å²) in [5, 5.41) is 7.67. The van der Waals surface area contributed by atoms with Gasteiger partial charge in [-0.1, -0.05) is 53.5 Å². The first-order valence-electron chi connectivity index (χ1n) is 9.78. The summed E-state index contributed by atoms with van der Waals surface area (Å²) in [5.74, 6) is 1.60. The van der Waals surface area contributed by atoms with E-state index in [-0.39, 0.29) is 19.1 Å². The van der Waals surface area contributed by atoms with Gasteiger partial charge in [0.15, 0.2) is 6.73 Å². The van der Waals surface area contributed by atoms with Crippen LogP contribution in [0.3, 0.4) is 0 Å². The highest BCUT2D eigenvalue weighted by atomic mass is 35.5. The van der Waals surface area contributed by atoms with Crippen molar-refractivity contribution in [2.75, 3.05) is 6.73 Å². The van der Waals surface area contributed by atoms with Gasteiger partial charge in [-0.05, 0) is 48.0 Å². The molecule has 1 amide bonds. The Balaban J connectivity index is 1.36. The maximum Gasteiger partial charge on any atom is 0.252 e. The van der Waals surface area contributed by atoms with Crippen molar-refractivity contribution in [2.24, 2.45) is 5.10 Å². The zero-order valence-electron chi connectivity index (χ0n) is 16.6. The van der Waals surface area contributed by atoms with Crippen molar-refractivity contribution >= 4 is 56.4 Å². The van der Waals surface area contributed by atoms with Crippen LogP contribution >= 0.6 is 34.5 Å². The Labute approximate surface area is 198 Å². The van der Waals surface area contributed by atoms with Crippen molar-refractivity contribution < 1.29 is 14.3 Å². The third-order valence-electron chi connectivity index (χ3n) is 4.86. The second-order valence-electron chi connectivity index (χ2n) is 7.09. The highest BCUT2D eigenvalue weighted by Gasteiger charge is 2.26. The second-order valence-corrected chi connectivity index (χ2v) is 8.96. The number of hydrogen-bond acceptors (Lipinski definition) is 5. The first-order valence-corrected chi connectivity index (χ1v) is 11.4. The van der Waals surface area contributed by atoms with E-state index in [0.717, 1.165) is 21.4 Å². The second kappa shape index (κ2) is 8.82. The molecule has 0 N–H and O–H groups in total. The maximum atomic E-state index is 12.6. The predicted molar refractivity (Wildman–Crippen MR) is 128 cm³/mol. The molecule has 0 bridgehead atoms. The van der Waals surface area contributed by atoms with Gasteiger partial charge in [0.2, 0.25) is 5.91 Å². The SMILES string of the molecule is O=C(Cc1ccc(Cl)cc1)N1COC(c2sc3ccc(Oc4ccccc4)cc3c2Cl)=N1. The predicted octanol–water partition coefficient (Wildman–Crippen LogP) is 6.72. The van der Waals surface area contributed by atoms with Crippen LogP contribution in [-0.2, 0) is 16.0 Å². The topological polar surface area (TPSA) is 51.1 Å². The average Bonchev–Trinajstić information content (AvgIpc) is 3.41. The van der Waals surface area contributed by atoms with Gasteiger partial charge in [0, 0.05) is 15.1 Å². The number of benzene rings is 3. The van der Waals surface area contributed by atoms with Crippen LogP contribution < -0.4 is 4.74 Å². The van der Waals surface area contributed by atoms with Crippen LogP contribution in [0.25, 0.3) is 10.1 Å². The van der Waals surface area contributed by atoms with E-state index in [1.807, 2.05) is 60.7 Å². The lowest BCUT2D eigenvalue weighted by molar-refractivity contribution is -0.132. The van der Waals surface area contributed by atoms with E-state index in [0.29, 0.717) is 26.6 Å². The van der Waals surface area contributed by atoms with Crippen LogP contribution in [-0.4, -0.2) is 23.5 Å². The number of carbonyl (C=O) groups is 1. The van der Waals surface area contributed by atoms with Crippen molar-refractivity contribution in [2.45, 2.75) is 6.42 Å². The first-order chi connectivity index (χ1) is 15.6. The Kier molecular flexibility index (Phi) is 5.74. The van der Waals surface area contributed by atoms with Crippen molar-refractivity contribution in [3.8, 4) is 11.5 Å². The van der Waals surface area contributed by atoms with Crippen LogP contribution in [0.2, 0.25) is 10.0 Å². The Bertz CT molecular complexity index is 1320. The number of carbonyl (C=O) groups excluding carboxylic acids is 1. The number of thiophene rings is 1. The summed E-state index contributed by atoms with van der Waals surface area (Å²) in [6.07, 6.45) is 0.206. The number of amides is 1. The standard InChI is InChI=1S/C24H16Cl2N2O3S/c25-16-8-6-15(7-9-16)12-21(29)28-14-30-24(27-28)23-22(26)19-13-18(10-11-20(19)32-23)31-17-4-2-1-3-5-17/h1-11,13H,12,14H2. The minimum atomic E-state index is -0.168. The van der Waals surface area contributed by atoms with E-state index in [9.17, 15) is 4.79 Å². The van der Waals surface area contributed by atoms with Gasteiger partial charge in [0.05, 0.1) is 11.4 Å². The summed E-state index contributed by atoms with van der Waals surface area (Å²) in [5.41, 5.74) is 0.855. The largest absolute Gasteiger partial charge is 0.457 e. The molecule has 2 heterocycles. The van der Waals surface area contributed by atoms with Gasteiger partial charge in [-0.25, -0.2) is 0 Å². The molecule has 0 atom stereocenters. The molecule has 5 nitrogen and oxygen atoms in total. The van der Waals surface area contributed by atoms with Crippen molar-refractivity contribution in [3.63, 3.8) is 0 Å². The fraction of sp³-hybridized carbons (Fsp3) is 0.0833. The van der Waals surface area contributed by atoms with Crippen molar-refractivity contribution in [1.82, 2.24) is 5.01 Å². The molecule has 3 aromatic carbocycles. The molecule has 1 aromatic heterocycles. The number of halogens is 2.